The van der Waals surface area contributed by atoms with Crippen LogP contribution < -0.4 is 5.43 Å². The number of carbonyl (C=O) groups excluding carboxylic acids is 1. The average molecular weight is 259 g/mol. The molecule has 19 heavy (non-hydrogen) atoms. The van der Waals surface area contributed by atoms with Gasteiger partial charge in [0.1, 0.15) is 0 Å². The molecule has 1 aliphatic rings. The molecular formula is C15H21N3O. The Balaban J connectivity index is 2.14. The number of hydrazone groups is 1. The molecule has 0 unspecified atom stereocenters. The van der Waals surface area contributed by atoms with Crippen LogP contribution in [0.4, 0.5) is 0 Å². The summed E-state index contributed by atoms with van der Waals surface area (Å²) in [5, 5.41) is 4.38. The van der Waals surface area contributed by atoms with Gasteiger partial charge in [-0.3, -0.25) is 9.78 Å². The van der Waals surface area contributed by atoms with Crippen molar-refractivity contribution in [1.82, 2.24) is 10.4 Å². The summed E-state index contributed by atoms with van der Waals surface area (Å²) in [5.74, 6) is 0.455. The van der Waals surface area contributed by atoms with E-state index in [9.17, 15) is 4.79 Å². The van der Waals surface area contributed by atoms with Crippen molar-refractivity contribution in [2.75, 3.05) is 0 Å². The van der Waals surface area contributed by atoms with Gasteiger partial charge in [0.05, 0.1) is 5.71 Å². The second-order valence-electron chi connectivity index (χ2n) is 5.00. The predicted octanol–water partition coefficient (Wildman–Crippen LogP) is 2.89. The largest absolute Gasteiger partial charge is 0.273 e. The molecule has 2 rings (SSSR count). The third-order valence-electron chi connectivity index (χ3n) is 3.50. The lowest BCUT2D eigenvalue weighted by Gasteiger charge is -2.13. The van der Waals surface area contributed by atoms with Crippen LogP contribution in [0.2, 0.25) is 0 Å². The van der Waals surface area contributed by atoms with Crippen LogP contribution in [0, 0.1) is 5.92 Å². The molecule has 0 bridgehead atoms. The quantitative estimate of drug-likeness (QED) is 0.653. The second-order valence-corrected chi connectivity index (χ2v) is 5.00. The van der Waals surface area contributed by atoms with Crippen molar-refractivity contribution >= 4 is 11.6 Å². The minimum absolute atomic E-state index is 0.00736. The first-order valence-corrected chi connectivity index (χ1v) is 7.08. The lowest BCUT2D eigenvalue weighted by atomic mass is 9.96. The van der Waals surface area contributed by atoms with Gasteiger partial charge in [-0.25, -0.2) is 5.43 Å². The van der Waals surface area contributed by atoms with E-state index in [0.29, 0.717) is 12.3 Å². The minimum atomic E-state index is -0.00736. The molecule has 1 aromatic rings. The Kier molecular flexibility index (Phi) is 5.07. The second kappa shape index (κ2) is 7.02. The Hall–Kier alpha value is -1.71. The summed E-state index contributed by atoms with van der Waals surface area (Å²) in [6, 6.07) is 3.92. The number of hydrogen-bond donors (Lipinski definition) is 1. The summed E-state index contributed by atoms with van der Waals surface area (Å²) in [5.41, 5.74) is 4.76. The zero-order valence-electron chi connectivity index (χ0n) is 11.4. The minimum Gasteiger partial charge on any atom is -0.273 e. The number of hydrogen-bond acceptors (Lipinski definition) is 3. The van der Waals surface area contributed by atoms with E-state index in [2.05, 4.69) is 15.5 Å². The molecule has 1 aromatic heterocycles. The van der Waals surface area contributed by atoms with Crippen LogP contribution in [-0.2, 0) is 4.79 Å². The maximum atomic E-state index is 11.6. The van der Waals surface area contributed by atoms with Gasteiger partial charge in [0.15, 0.2) is 0 Å². The first kappa shape index (κ1) is 13.7. The van der Waals surface area contributed by atoms with Crippen molar-refractivity contribution < 1.29 is 4.79 Å². The number of aromatic nitrogens is 1. The first-order chi connectivity index (χ1) is 9.31. The number of nitrogens with zero attached hydrogens (tertiary/aromatic N) is 2. The van der Waals surface area contributed by atoms with Crippen LogP contribution in [0.15, 0.2) is 29.6 Å². The molecule has 0 aromatic carbocycles. The molecule has 1 amide bonds. The van der Waals surface area contributed by atoms with Gasteiger partial charge in [-0.2, -0.15) is 5.10 Å². The van der Waals surface area contributed by atoms with Crippen LogP contribution in [-0.4, -0.2) is 16.6 Å². The van der Waals surface area contributed by atoms with Crippen LogP contribution in [0.5, 0.6) is 0 Å². The van der Waals surface area contributed by atoms with Crippen molar-refractivity contribution in [3.05, 3.63) is 30.1 Å². The van der Waals surface area contributed by atoms with Gasteiger partial charge in [0, 0.05) is 30.3 Å². The van der Waals surface area contributed by atoms with Gasteiger partial charge >= 0.3 is 0 Å². The summed E-state index contributed by atoms with van der Waals surface area (Å²) in [6.07, 6.45) is 9.72. The number of amides is 1. The van der Waals surface area contributed by atoms with Crippen LogP contribution in [0.25, 0.3) is 0 Å². The molecule has 1 saturated carbocycles. The van der Waals surface area contributed by atoms with E-state index >= 15 is 0 Å². The van der Waals surface area contributed by atoms with Crippen molar-refractivity contribution in [2.45, 2.75) is 45.4 Å². The van der Waals surface area contributed by atoms with Crippen LogP contribution in [0.3, 0.4) is 0 Å². The van der Waals surface area contributed by atoms with E-state index in [1.807, 2.05) is 19.1 Å². The van der Waals surface area contributed by atoms with Gasteiger partial charge in [-0.1, -0.05) is 19.8 Å². The highest BCUT2D eigenvalue weighted by Crippen LogP contribution is 2.28. The monoisotopic (exact) mass is 259 g/mol. The molecule has 4 nitrogen and oxygen atoms in total. The number of rotatable bonds is 5. The molecule has 0 saturated heterocycles. The highest BCUT2D eigenvalue weighted by Gasteiger charge is 2.22. The molecule has 0 atom stereocenters. The van der Waals surface area contributed by atoms with Gasteiger partial charge in [0.2, 0.25) is 5.91 Å². The van der Waals surface area contributed by atoms with Crippen molar-refractivity contribution in [2.24, 2.45) is 11.0 Å². The number of nitrogens with one attached hydrogen (secondary N) is 1. The fourth-order valence-electron chi connectivity index (χ4n) is 2.52. The third kappa shape index (κ3) is 3.88. The Labute approximate surface area is 114 Å². The standard InChI is InChI=1S/C15H21N3O/c1-2-5-14(19)17-18-15(12-6-3-4-7-12)13-8-10-16-11-9-13/h8-12H,2-7H2,1H3,(H,17,19). The normalized spacial score (nSPS) is 16.6. The SMILES string of the molecule is CCCC(=O)NN=C(c1ccncc1)C1CCCC1. The van der Waals surface area contributed by atoms with E-state index in [1.165, 1.54) is 12.8 Å². The smallest absolute Gasteiger partial charge is 0.240 e. The molecule has 0 radical (unpaired) electrons. The first-order valence-electron chi connectivity index (χ1n) is 7.08. The molecule has 4 heteroatoms. The Bertz CT molecular complexity index is 436. The molecule has 1 N–H and O–H groups in total. The molecule has 0 aliphatic heterocycles. The topological polar surface area (TPSA) is 54.4 Å². The molecule has 102 valence electrons. The summed E-state index contributed by atoms with van der Waals surface area (Å²) < 4.78 is 0. The van der Waals surface area contributed by atoms with Gasteiger partial charge < -0.3 is 0 Å². The molecule has 1 aliphatic carbocycles. The van der Waals surface area contributed by atoms with Crippen LogP contribution >= 0.6 is 0 Å². The molecule has 0 spiro atoms. The van der Waals surface area contributed by atoms with E-state index in [-0.39, 0.29) is 5.91 Å². The average Bonchev–Trinajstić information content (AvgIpc) is 2.94. The molecule has 1 heterocycles. The van der Waals surface area contributed by atoms with Gasteiger partial charge in [-0.15, -0.1) is 0 Å². The van der Waals surface area contributed by atoms with Crippen LogP contribution in [0.1, 0.15) is 51.0 Å². The summed E-state index contributed by atoms with van der Waals surface area (Å²) in [6.45, 7) is 1.99. The van der Waals surface area contributed by atoms with Crippen molar-refractivity contribution in [3.8, 4) is 0 Å². The van der Waals surface area contributed by atoms with E-state index in [1.54, 1.807) is 12.4 Å². The predicted molar refractivity (Wildman–Crippen MR) is 75.8 cm³/mol. The number of carbonyl (C=O) groups is 1. The van der Waals surface area contributed by atoms with Crippen molar-refractivity contribution in [1.29, 1.82) is 0 Å². The third-order valence-corrected chi connectivity index (χ3v) is 3.50. The number of pyridine rings is 1. The summed E-state index contributed by atoms with van der Waals surface area (Å²) in [7, 11) is 0. The maximum Gasteiger partial charge on any atom is 0.240 e. The highest BCUT2D eigenvalue weighted by atomic mass is 16.2. The van der Waals surface area contributed by atoms with Crippen molar-refractivity contribution in [3.63, 3.8) is 0 Å². The lowest BCUT2D eigenvalue weighted by molar-refractivity contribution is -0.121. The zero-order chi connectivity index (χ0) is 13.5. The summed E-state index contributed by atoms with van der Waals surface area (Å²) >= 11 is 0. The maximum absolute atomic E-state index is 11.6. The van der Waals surface area contributed by atoms with E-state index in [0.717, 1.165) is 30.5 Å². The Morgan fingerprint density at radius 2 is 2.05 bits per heavy atom. The molecule has 1 fully saturated rings. The molecular weight excluding hydrogens is 238 g/mol. The highest BCUT2D eigenvalue weighted by molar-refractivity contribution is 6.02. The van der Waals surface area contributed by atoms with Gasteiger partial charge in [0.25, 0.3) is 0 Å². The van der Waals surface area contributed by atoms with Gasteiger partial charge in [-0.05, 0) is 31.4 Å². The summed E-state index contributed by atoms with van der Waals surface area (Å²) in [4.78, 5) is 15.6. The fraction of sp³-hybridized carbons (Fsp3) is 0.533. The fourth-order valence-corrected chi connectivity index (χ4v) is 2.52. The zero-order valence-corrected chi connectivity index (χ0v) is 11.4. The van der Waals surface area contributed by atoms with E-state index < -0.39 is 0 Å². The van der Waals surface area contributed by atoms with E-state index in [4.69, 9.17) is 0 Å². The Morgan fingerprint density at radius 1 is 1.37 bits per heavy atom. The lowest BCUT2D eigenvalue weighted by Crippen LogP contribution is -2.22. The Morgan fingerprint density at radius 3 is 2.68 bits per heavy atom.